The fraction of sp³-hybridized carbons (Fsp3) is 0.500. The zero-order chi connectivity index (χ0) is 12.0. The largest absolute Gasteiger partial charge is 0.495 e. The summed E-state index contributed by atoms with van der Waals surface area (Å²) in [6.45, 7) is 6.08. The molecule has 0 unspecified atom stereocenters. The van der Waals surface area contributed by atoms with E-state index in [0.717, 1.165) is 18.8 Å². The molecule has 90 valence electrons. The molecular weight excluding hydrogens is 202 g/mol. The molecule has 4 N–H and O–H groups in total. The van der Waals surface area contributed by atoms with Crippen LogP contribution in [0.5, 0.6) is 5.75 Å². The summed E-state index contributed by atoms with van der Waals surface area (Å²) in [4.78, 5) is 0. The van der Waals surface area contributed by atoms with Crippen LogP contribution in [-0.4, -0.2) is 26.2 Å². The van der Waals surface area contributed by atoms with Crippen molar-refractivity contribution in [2.45, 2.75) is 19.9 Å². The summed E-state index contributed by atoms with van der Waals surface area (Å²) in [5.74, 6) is 0.710. The zero-order valence-corrected chi connectivity index (χ0v) is 10.2. The molecule has 0 saturated heterocycles. The van der Waals surface area contributed by atoms with Crippen molar-refractivity contribution in [3.63, 3.8) is 0 Å². The molecule has 0 aliphatic rings. The van der Waals surface area contributed by atoms with Gasteiger partial charge in [-0.05, 0) is 12.1 Å². The number of benzene rings is 1. The molecule has 0 saturated carbocycles. The van der Waals surface area contributed by atoms with Crippen LogP contribution in [0.2, 0.25) is 0 Å². The van der Waals surface area contributed by atoms with Crippen LogP contribution in [0.15, 0.2) is 18.2 Å². The molecule has 16 heavy (non-hydrogen) atoms. The fourth-order valence-corrected chi connectivity index (χ4v) is 1.39. The van der Waals surface area contributed by atoms with Crippen LogP contribution >= 0.6 is 0 Å². The van der Waals surface area contributed by atoms with Crippen LogP contribution in [0.3, 0.4) is 0 Å². The van der Waals surface area contributed by atoms with Crippen molar-refractivity contribution < 1.29 is 4.74 Å². The number of hydrogen-bond acceptors (Lipinski definition) is 4. The molecule has 1 rings (SSSR count). The van der Waals surface area contributed by atoms with E-state index in [2.05, 4.69) is 24.5 Å². The Balaban J connectivity index is 2.42. The number of nitrogens with one attached hydrogen (secondary N) is 2. The summed E-state index contributed by atoms with van der Waals surface area (Å²) in [6, 6.07) is 6.22. The minimum atomic E-state index is 0.516. The highest BCUT2D eigenvalue weighted by Crippen LogP contribution is 2.24. The lowest BCUT2D eigenvalue weighted by atomic mass is 10.2. The van der Waals surface area contributed by atoms with Gasteiger partial charge in [0.15, 0.2) is 0 Å². The van der Waals surface area contributed by atoms with E-state index in [9.17, 15) is 0 Å². The summed E-state index contributed by atoms with van der Waals surface area (Å²) >= 11 is 0. The van der Waals surface area contributed by atoms with Gasteiger partial charge in [-0.2, -0.15) is 0 Å². The van der Waals surface area contributed by atoms with E-state index in [1.807, 2.05) is 18.2 Å². The molecule has 0 spiro atoms. The van der Waals surface area contributed by atoms with E-state index < -0.39 is 0 Å². The number of anilines is 2. The lowest BCUT2D eigenvalue weighted by molar-refractivity contribution is 0.417. The summed E-state index contributed by atoms with van der Waals surface area (Å²) in [7, 11) is 1.62. The number of nitrogen functional groups attached to an aromatic ring is 1. The molecule has 0 radical (unpaired) electrons. The van der Waals surface area contributed by atoms with Crippen LogP contribution in [0, 0.1) is 0 Å². The molecular formula is C12H21N3O. The SMILES string of the molecule is COc1cc(NCCNC(C)C)ccc1N. The highest BCUT2D eigenvalue weighted by molar-refractivity contribution is 5.61. The average Bonchev–Trinajstić information content (AvgIpc) is 2.26. The first-order valence-electron chi connectivity index (χ1n) is 5.54. The van der Waals surface area contributed by atoms with Crippen molar-refractivity contribution in [1.82, 2.24) is 5.32 Å². The molecule has 0 fully saturated rings. The quantitative estimate of drug-likeness (QED) is 0.507. The molecule has 0 aliphatic carbocycles. The highest BCUT2D eigenvalue weighted by Gasteiger charge is 2.00. The second-order valence-electron chi connectivity index (χ2n) is 3.99. The van der Waals surface area contributed by atoms with E-state index in [4.69, 9.17) is 10.5 Å². The molecule has 1 aromatic carbocycles. The third kappa shape index (κ3) is 3.98. The molecule has 4 nitrogen and oxygen atoms in total. The Bertz CT molecular complexity index is 326. The molecule has 4 heteroatoms. The van der Waals surface area contributed by atoms with Gasteiger partial charge in [-0.1, -0.05) is 13.8 Å². The number of rotatable bonds is 6. The topological polar surface area (TPSA) is 59.3 Å². The molecule has 1 aromatic rings. The molecule has 0 bridgehead atoms. The van der Waals surface area contributed by atoms with E-state index >= 15 is 0 Å². The Morgan fingerprint density at radius 2 is 2.06 bits per heavy atom. The van der Waals surface area contributed by atoms with Crippen molar-refractivity contribution in [2.75, 3.05) is 31.2 Å². The normalized spacial score (nSPS) is 10.5. The van der Waals surface area contributed by atoms with Gasteiger partial charge in [0.25, 0.3) is 0 Å². The second-order valence-corrected chi connectivity index (χ2v) is 3.99. The summed E-state index contributed by atoms with van der Waals surface area (Å²) < 4.78 is 5.15. The molecule has 0 aliphatic heterocycles. The third-order valence-electron chi connectivity index (χ3n) is 2.24. The highest BCUT2D eigenvalue weighted by atomic mass is 16.5. The number of ether oxygens (including phenoxy) is 1. The predicted octanol–water partition coefficient (Wildman–Crippen LogP) is 1.69. The summed E-state index contributed by atoms with van der Waals surface area (Å²) in [6.07, 6.45) is 0. The zero-order valence-electron chi connectivity index (χ0n) is 10.2. The van der Waals surface area contributed by atoms with E-state index in [0.29, 0.717) is 17.5 Å². The standard InChI is InChI=1S/C12H21N3O/c1-9(2)14-6-7-15-10-4-5-11(13)12(8-10)16-3/h4-5,8-9,14-15H,6-7,13H2,1-3H3. The van der Waals surface area contributed by atoms with Gasteiger partial charge in [-0.15, -0.1) is 0 Å². The smallest absolute Gasteiger partial charge is 0.143 e. The van der Waals surface area contributed by atoms with Gasteiger partial charge in [-0.3, -0.25) is 0 Å². The maximum atomic E-state index is 5.73. The molecule has 0 aromatic heterocycles. The lowest BCUT2D eigenvalue weighted by Gasteiger charge is -2.11. The number of hydrogen-bond donors (Lipinski definition) is 3. The van der Waals surface area contributed by atoms with E-state index in [1.165, 1.54) is 0 Å². The summed E-state index contributed by atoms with van der Waals surface area (Å²) in [5, 5.41) is 6.64. The van der Waals surface area contributed by atoms with Crippen molar-refractivity contribution in [1.29, 1.82) is 0 Å². The average molecular weight is 223 g/mol. The van der Waals surface area contributed by atoms with Crippen LogP contribution in [0.1, 0.15) is 13.8 Å². The maximum Gasteiger partial charge on any atom is 0.143 e. The molecule has 0 atom stereocenters. The maximum absolute atomic E-state index is 5.73. The number of methoxy groups -OCH3 is 1. The monoisotopic (exact) mass is 223 g/mol. The minimum Gasteiger partial charge on any atom is -0.495 e. The third-order valence-corrected chi connectivity index (χ3v) is 2.24. The van der Waals surface area contributed by atoms with Crippen LogP contribution in [0.25, 0.3) is 0 Å². The predicted molar refractivity (Wildman–Crippen MR) is 69.0 cm³/mol. The van der Waals surface area contributed by atoms with Crippen molar-refractivity contribution in [2.24, 2.45) is 0 Å². The van der Waals surface area contributed by atoms with Crippen LogP contribution in [0.4, 0.5) is 11.4 Å². The van der Waals surface area contributed by atoms with Gasteiger partial charge in [0, 0.05) is 30.9 Å². The van der Waals surface area contributed by atoms with Gasteiger partial charge in [0.1, 0.15) is 5.75 Å². The minimum absolute atomic E-state index is 0.516. The van der Waals surface area contributed by atoms with Crippen molar-refractivity contribution >= 4 is 11.4 Å². The Kier molecular flexibility index (Phi) is 4.92. The first-order valence-corrected chi connectivity index (χ1v) is 5.54. The fourth-order valence-electron chi connectivity index (χ4n) is 1.39. The van der Waals surface area contributed by atoms with Crippen LogP contribution < -0.4 is 21.1 Å². The van der Waals surface area contributed by atoms with Gasteiger partial charge in [0.05, 0.1) is 12.8 Å². The van der Waals surface area contributed by atoms with E-state index in [-0.39, 0.29) is 0 Å². The Hall–Kier alpha value is -1.42. The lowest BCUT2D eigenvalue weighted by Crippen LogP contribution is -2.28. The first kappa shape index (κ1) is 12.6. The second kappa shape index (κ2) is 6.23. The van der Waals surface area contributed by atoms with Gasteiger partial charge >= 0.3 is 0 Å². The van der Waals surface area contributed by atoms with Gasteiger partial charge in [-0.25, -0.2) is 0 Å². The summed E-state index contributed by atoms with van der Waals surface area (Å²) in [5.41, 5.74) is 7.41. The van der Waals surface area contributed by atoms with Crippen molar-refractivity contribution in [3.8, 4) is 5.75 Å². The van der Waals surface area contributed by atoms with E-state index in [1.54, 1.807) is 7.11 Å². The van der Waals surface area contributed by atoms with Crippen LogP contribution in [-0.2, 0) is 0 Å². The Labute approximate surface area is 97.2 Å². The Morgan fingerprint density at radius 1 is 1.31 bits per heavy atom. The van der Waals surface area contributed by atoms with Gasteiger partial charge < -0.3 is 21.1 Å². The molecule has 0 amide bonds. The van der Waals surface area contributed by atoms with Gasteiger partial charge in [0.2, 0.25) is 0 Å². The number of nitrogens with two attached hydrogens (primary N) is 1. The first-order chi connectivity index (χ1) is 7.63. The van der Waals surface area contributed by atoms with Crippen molar-refractivity contribution in [3.05, 3.63) is 18.2 Å². The molecule has 0 heterocycles. The Morgan fingerprint density at radius 3 is 2.69 bits per heavy atom.